The standard InChI is InChI=1S/C6H4ClN3O/c7-6-8-2-3-1-4(11)9-5(3)10-6/h2H,1H2,(H,8,9,10,11). The number of amides is 1. The molecule has 2 rings (SSSR count). The zero-order valence-corrected chi connectivity index (χ0v) is 6.22. The van der Waals surface area contributed by atoms with Crippen LogP contribution in [0.15, 0.2) is 6.20 Å². The van der Waals surface area contributed by atoms with Crippen molar-refractivity contribution in [2.45, 2.75) is 6.42 Å². The van der Waals surface area contributed by atoms with Crippen LogP contribution in [-0.4, -0.2) is 15.9 Å². The average molecular weight is 170 g/mol. The fourth-order valence-electron chi connectivity index (χ4n) is 0.972. The molecule has 2 heterocycles. The van der Waals surface area contributed by atoms with Gasteiger partial charge in [0.2, 0.25) is 11.2 Å². The lowest BCUT2D eigenvalue weighted by molar-refractivity contribution is -0.115. The van der Waals surface area contributed by atoms with E-state index < -0.39 is 0 Å². The highest BCUT2D eigenvalue weighted by Crippen LogP contribution is 2.19. The van der Waals surface area contributed by atoms with Crippen LogP contribution in [0.25, 0.3) is 0 Å². The first-order valence-electron chi connectivity index (χ1n) is 3.07. The van der Waals surface area contributed by atoms with Gasteiger partial charge in [0.05, 0.1) is 6.42 Å². The summed E-state index contributed by atoms with van der Waals surface area (Å²) in [5.74, 6) is 0.478. The van der Waals surface area contributed by atoms with E-state index in [1.165, 1.54) is 0 Å². The number of hydrogen-bond acceptors (Lipinski definition) is 3. The second kappa shape index (κ2) is 2.17. The lowest BCUT2D eigenvalue weighted by atomic mass is 10.3. The predicted octanol–water partition coefficient (Wildman–Crippen LogP) is 0.625. The smallest absolute Gasteiger partial charge is 0.230 e. The average Bonchev–Trinajstić information content (AvgIpc) is 2.27. The monoisotopic (exact) mass is 169 g/mol. The third-order valence-corrected chi connectivity index (χ3v) is 1.63. The van der Waals surface area contributed by atoms with E-state index in [0.29, 0.717) is 12.2 Å². The highest BCUT2D eigenvalue weighted by Gasteiger charge is 2.18. The van der Waals surface area contributed by atoms with Gasteiger partial charge in [0.15, 0.2) is 0 Å². The molecule has 0 saturated heterocycles. The van der Waals surface area contributed by atoms with E-state index >= 15 is 0 Å². The van der Waals surface area contributed by atoms with Gasteiger partial charge in [-0.3, -0.25) is 4.79 Å². The van der Waals surface area contributed by atoms with E-state index in [-0.39, 0.29) is 11.2 Å². The summed E-state index contributed by atoms with van der Waals surface area (Å²) in [5.41, 5.74) is 0.805. The molecule has 1 aliphatic rings. The normalized spacial score (nSPS) is 14.5. The van der Waals surface area contributed by atoms with Gasteiger partial charge in [-0.2, -0.15) is 0 Å². The van der Waals surface area contributed by atoms with Gasteiger partial charge in [0, 0.05) is 11.8 Å². The molecule has 1 aromatic rings. The zero-order valence-electron chi connectivity index (χ0n) is 5.47. The number of carbonyl (C=O) groups is 1. The molecule has 1 amide bonds. The molecule has 5 heteroatoms. The summed E-state index contributed by atoms with van der Waals surface area (Å²) in [6.45, 7) is 0. The van der Waals surface area contributed by atoms with Gasteiger partial charge >= 0.3 is 0 Å². The van der Waals surface area contributed by atoms with Crippen LogP contribution in [0.4, 0.5) is 5.82 Å². The maximum atomic E-state index is 10.8. The van der Waals surface area contributed by atoms with Gasteiger partial charge in [0.25, 0.3) is 0 Å². The third kappa shape index (κ3) is 1.05. The Balaban J connectivity index is 2.51. The second-order valence-electron chi connectivity index (χ2n) is 2.24. The number of hydrogen-bond donors (Lipinski definition) is 1. The Labute approximate surface area is 67.6 Å². The zero-order chi connectivity index (χ0) is 7.84. The number of halogens is 1. The van der Waals surface area contributed by atoms with Crippen molar-refractivity contribution >= 4 is 23.3 Å². The molecular formula is C6H4ClN3O. The van der Waals surface area contributed by atoms with Gasteiger partial charge < -0.3 is 5.32 Å². The molecule has 1 N–H and O–H groups in total. The number of anilines is 1. The Morgan fingerprint density at radius 3 is 3.27 bits per heavy atom. The van der Waals surface area contributed by atoms with Gasteiger partial charge in [-0.25, -0.2) is 9.97 Å². The summed E-state index contributed by atoms with van der Waals surface area (Å²) in [6, 6.07) is 0. The van der Waals surface area contributed by atoms with E-state index in [1.54, 1.807) is 6.20 Å². The van der Waals surface area contributed by atoms with Crippen molar-refractivity contribution in [2.75, 3.05) is 5.32 Å². The molecule has 0 aliphatic carbocycles. The van der Waals surface area contributed by atoms with Gasteiger partial charge in [0.1, 0.15) is 5.82 Å². The Kier molecular flexibility index (Phi) is 1.29. The van der Waals surface area contributed by atoms with E-state index in [9.17, 15) is 4.79 Å². The molecule has 1 aliphatic heterocycles. The minimum atomic E-state index is -0.0587. The Morgan fingerprint density at radius 2 is 2.45 bits per heavy atom. The van der Waals surface area contributed by atoms with Crippen molar-refractivity contribution in [2.24, 2.45) is 0 Å². The third-order valence-electron chi connectivity index (χ3n) is 1.44. The van der Waals surface area contributed by atoms with Crippen LogP contribution in [-0.2, 0) is 11.2 Å². The van der Waals surface area contributed by atoms with Crippen molar-refractivity contribution in [3.8, 4) is 0 Å². The molecule has 0 atom stereocenters. The molecule has 0 radical (unpaired) electrons. The highest BCUT2D eigenvalue weighted by molar-refractivity contribution is 6.28. The number of carbonyl (C=O) groups excluding carboxylic acids is 1. The predicted molar refractivity (Wildman–Crippen MR) is 39.4 cm³/mol. The van der Waals surface area contributed by atoms with Gasteiger partial charge in [-0.15, -0.1) is 0 Å². The SMILES string of the molecule is O=C1Cc2cnc(Cl)nc2N1. The van der Waals surface area contributed by atoms with Crippen LogP contribution in [0.5, 0.6) is 0 Å². The number of nitrogens with zero attached hydrogens (tertiary/aromatic N) is 2. The second-order valence-corrected chi connectivity index (χ2v) is 2.58. The topological polar surface area (TPSA) is 54.9 Å². The fraction of sp³-hybridized carbons (Fsp3) is 0.167. The molecule has 0 fully saturated rings. The Bertz CT molecular complexity index is 326. The lowest BCUT2D eigenvalue weighted by Crippen LogP contribution is -2.04. The molecule has 1 aromatic heterocycles. The summed E-state index contributed by atoms with van der Waals surface area (Å²) in [4.78, 5) is 18.4. The summed E-state index contributed by atoms with van der Waals surface area (Å²) < 4.78 is 0. The van der Waals surface area contributed by atoms with Crippen LogP contribution in [0, 0.1) is 0 Å². The molecule has 0 saturated carbocycles. The minimum Gasteiger partial charge on any atom is -0.310 e. The maximum absolute atomic E-state index is 10.8. The van der Waals surface area contributed by atoms with Crippen molar-refractivity contribution in [3.63, 3.8) is 0 Å². The maximum Gasteiger partial charge on any atom is 0.230 e. The molecule has 0 bridgehead atoms. The van der Waals surface area contributed by atoms with Crippen molar-refractivity contribution in [3.05, 3.63) is 17.0 Å². The van der Waals surface area contributed by atoms with Crippen molar-refractivity contribution in [1.82, 2.24) is 9.97 Å². The number of fused-ring (bicyclic) bond motifs is 1. The number of rotatable bonds is 0. The van der Waals surface area contributed by atoms with Crippen LogP contribution in [0.2, 0.25) is 5.28 Å². The number of nitrogens with one attached hydrogen (secondary N) is 1. The molecule has 0 aromatic carbocycles. The van der Waals surface area contributed by atoms with E-state index in [4.69, 9.17) is 11.6 Å². The summed E-state index contributed by atoms with van der Waals surface area (Å²) >= 11 is 5.50. The first-order valence-corrected chi connectivity index (χ1v) is 3.45. The highest BCUT2D eigenvalue weighted by atomic mass is 35.5. The summed E-state index contributed by atoms with van der Waals surface area (Å²) in [7, 11) is 0. The number of aromatic nitrogens is 2. The minimum absolute atomic E-state index is 0.0587. The largest absolute Gasteiger partial charge is 0.310 e. The summed E-state index contributed by atoms with van der Waals surface area (Å²) in [5, 5.41) is 2.72. The first-order chi connectivity index (χ1) is 5.25. The first kappa shape index (κ1) is 6.54. The molecule has 4 nitrogen and oxygen atoms in total. The quantitative estimate of drug-likeness (QED) is 0.580. The van der Waals surface area contributed by atoms with E-state index in [1.807, 2.05) is 0 Å². The van der Waals surface area contributed by atoms with Gasteiger partial charge in [-0.05, 0) is 11.6 Å². The molecule has 11 heavy (non-hydrogen) atoms. The Hall–Kier alpha value is -1.16. The van der Waals surface area contributed by atoms with Crippen LogP contribution in [0.3, 0.4) is 0 Å². The molecule has 0 spiro atoms. The van der Waals surface area contributed by atoms with Gasteiger partial charge in [-0.1, -0.05) is 0 Å². The van der Waals surface area contributed by atoms with Crippen molar-refractivity contribution in [1.29, 1.82) is 0 Å². The van der Waals surface area contributed by atoms with Crippen molar-refractivity contribution < 1.29 is 4.79 Å². The lowest BCUT2D eigenvalue weighted by Gasteiger charge is -1.94. The fourth-order valence-corrected chi connectivity index (χ4v) is 1.11. The van der Waals surface area contributed by atoms with E-state index in [2.05, 4.69) is 15.3 Å². The van der Waals surface area contributed by atoms with Crippen LogP contribution in [0.1, 0.15) is 5.56 Å². The molecule has 0 unspecified atom stereocenters. The molecular weight excluding hydrogens is 166 g/mol. The Morgan fingerprint density at radius 1 is 1.64 bits per heavy atom. The van der Waals surface area contributed by atoms with Crippen LogP contribution >= 0.6 is 11.6 Å². The van der Waals surface area contributed by atoms with Crippen LogP contribution < -0.4 is 5.32 Å². The van der Waals surface area contributed by atoms with E-state index in [0.717, 1.165) is 5.56 Å². The molecule has 56 valence electrons. The summed E-state index contributed by atoms with van der Waals surface area (Å²) in [6.07, 6.45) is 1.91.